The van der Waals surface area contributed by atoms with Gasteiger partial charge in [-0.2, -0.15) is 10.1 Å². The number of ether oxygens (including phenoxy) is 1. The standard InChI is InChI=1S/C20H20FN5O2/c21-18-7-6-15(13-22-24-16-4-2-1-3-5-16)12-17(18)20-23-19(28-25-20)14-26-8-10-27-11-9-26/h1-7,12-13,24H,8-11,14H2. The van der Waals surface area contributed by atoms with Crippen molar-refractivity contribution in [3.63, 3.8) is 0 Å². The molecule has 0 bridgehead atoms. The van der Waals surface area contributed by atoms with E-state index in [0.29, 0.717) is 25.6 Å². The van der Waals surface area contributed by atoms with Crippen molar-refractivity contribution in [1.82, 2.24) is 15.0 Å². The molecular weight excluding hydrogens is 361 g/mol. The van der Waals surface area contributed by atoms with E-state index >= 15 is 0 Å². The molecule has 1 fully saturated rings. The summed E-state index contributed by atoms with van der Waals surface area (Å²) in [6.45, 7) is 3.53. The number of para-hydroxylation sites is 1. The molecule has 0 amide bonds. The van der Waals surface area contributed by atoms with Crippen LogP contribution in [0.4, 0.5) is 10.1 Å². The van der Waals surface area contributed by atoms with Crippen LogP contribution >= 0.6 is 0 Å². The predicted molar refractivity (Wildman–Crippen MR) is 103 cm³/mol. The minimum absolute atomic E-state index is 0.229. The largest absolute Gasteiger partial charge is 0.379 e. The van der Waals surface area contributed by atoms with E-state index in [1.54, 1.807) is 18.3 Å². The Balaban J connectivity index is 1.46. The third-order valence-corrected chi connectivity index (χ3v) is 4.34. The summed E-state index contributed by atoms with van der Waals surface area (Å²) in [5.74, 6) is 0.278. The van der Waals surface area contributed by atoms with Gasteiger partial charge in [0.2, 0.25) is 11.7 Å². The molecule has 0 unspecified atom stereocenters. The third-order valence-electron chi connectivity index (χ3n) is 4.34. The smallest absolute Gasteiger partial charge is 0.241 e. The van der Waals surface area contributed by atoms with E-state index in [2.05, 4.69) is 25.6 Å². The first kappa shape index (κ1) is 18.3. The fraction of sp³-hybridized carbons (Fsp3) is 0.250. The lowest BCUT2D eigenvalue weighted by atomic mass is 10.1. The zero-order chi connectivity index (χ0) is 19.2. The molecule has 0 radical (unpaired) electrons. The molecule has 3 aromatic rings. The fourth-order valence-corrected chi connectivity index (χ4v) is 2.87. The number of hydrogen-bond acceptors (Lipinski definition) is 7. The Morgan fingerprint density at radius 2 is 1.96 bits per heavy atom. The summed E-state index contributed by atoms with van der Waals surface area (Å²) in [7, 11) is 0. The molecule has 1 saturated heterocycles. The second-order valence-electron chi connectivity index (χ2n) is 6.38. The first-order chi connectivity index (χ1) is 13.8. The maximum atomic E-state index is 14.3. The van der Waals surface area contributed by atoms with Gasteiger partial charge in [0.1, 0.15) is 5.82 Å². The van der Waals surface area contributed by atoms with E-state index < -0.39 is 5.82 Å². The molecule has 0 atom stereocenters. The van der Waals surface area contributed by atoms with Crippen LogP contribution in [0.5, 0.6) is 0 Å². The molecule has 2 aromatic carbocycles. The Labute approximate surface area is 161 Å². The Bertz CT molecular complexity index is 939. The lowest BCUT2D eigenvalue weighted by Crippen LogP contribution is -2.35. The van der Waals surface area contributed by atoms with Gasteiger partial charge in [0.05, 0.1) is 37.2 Å². The van der Waals surface area contributed by atoms with Gasteiger partial charge in [0.25, 0.3) is 0 Å². The van der Waals surface area contributed by atoms with Crippen molar-refractivity contribution in [1.29, 1.82) is 0 Å². The molecule has 0 spiro atoms. The van der Waals surface area contributed by atoms with E-state index in [0.717, 1.165) is 24.3 Å². The van der Waals surface area contributed by atoms with Crippen molar-refractivity contribution in [2.45, 2.75) is 6.54 Å². The molecule has 1 N–H and O–H groups in total. The second kappa shape index (κ2) is 8.73. The molecule has 1 aliphatic heterocycles. The zero-order valence-corrected chi connectivity index (χ0v) is 15.2. The van der Waals surface area contributed by atoms with Gasteiger partial charge < -0.3 is 9.26 Å². The number of aromatic nitrogens is 2. The van der Waals surface area contributed by atoms with Gasteiger partial charge >= 0.3 is 0 Å². The molecule has 0 aliphatic carbocycles. The quantitative estimate of drug-likeness (QED) is 0.522. The van der Waals surface area contributed by atoms with Crippen molar-refractivity contribution in [3.05, 3.63) is 65.8 Å². The van der Waals surface area contributed by atoms with E-state index in [1.165, 1.54) is 6.07 Å². The van der Waals surface area contributed by atoms with Gasteiger partial charge in [-0.1, -0.05) is 29.4 Å². The monoisotopic (exact) mass is 381 g/mol. The summed E-state index contributed by atoms with van der Waals surface area (Å²) in [4.78, 5) is 6.51. The Morgan fingerprint density at radius 1 is 1.14 bits per heavy atom. The number of hydrazone groups is 1. The number of hydrogen-bond donors (Lipinski definition) is 1. The number of anilines is 1. The Kier molecular flexibility index (Phi) is 5.69. The maximum absolute atomic E-state index is 14.3. The van der Waals surface area contributed by atoms with Crippen molar-refractivity contribution in [2.75, 3.05) is 31.7 Å². The predicted octanol–water partition coefficient (Wildman–Crippen LogP) is 3.15. The number of nitrogens with zero attached hydrogens (tertiary/aromatic N) is 4. The summed E-state index contributed by atoms with van der Waals surface area (Å²) in [5, 5.41) is 8.12. The van der Waals surface area contributed by atoms with E-state index in [4.69, 9.17) is 9.26 Å². The lowest BCUT2D eigenvalue weighted by Gasteiger charge is -2.24. The van der Waals surface area contributed by atoms with Crippen LogP contribution < -0.4 is 5.43 Å². The third kappa shape index (κ3) is 4.59. The van der Waals surface area contributed by atoms with Crippen molar-refractivity contribution < 1.29 is 13.7 Å². The molecule has 1 aliphatic rings. The minimum atomic E-state index is -0.410. The summed E-state index contributed by atoms with van der Waals surface area (Å²) in [6.07, 6.45) is 1.62. The highest BCUT2D eigenvalue weighted by Gasteiger charge is 2.17. The summed E-state index contributed by atoms with van der Waals surface area (Å²) >= 11 is 0. The van der Waals surface area contributed by atoms with Crippen LogP contribution in [0.2, 0.25) is 0 Å². The van der Waals surface area contributed by atoms with Gasteiger partial charge in [-0.05, 0) is 29.8 Å². The first-order valence-electron chi connectivity index (χ1n) is 9.05. The molecule has 1 aromatic heterocycles. The van der Waals surface area contributed by atoms with Gasteiger partial charge in [-0.15, -0.1) is 0 Å². The zero-order valence-electron chi connectivity index (χ0n) is 15.2. The molecule has 2 heterocycles. The number of rotatable bonds is 6. The molecule has 144 valence electrons. The van der Waals surface area contributed by atoms with Crippen LogP contribution in [-0.2, 0) is 11.3 Å². The molecule has 28 heavy (non-hydrogen) atoms. The number of benzene rings is 2. The van der Waals surface area contributed by atoms with Crippen LogP contribution in [-0.4, -0.2) is 47.6 Å². The molecule has 7 nitrogen and oxygen atoms in total. The van der Waals surface area contributed by atoms with Crippen LogP contribution in [0.15, 0.2) is 58.2 Å². The average Bonchev–Trinajstić information content (AvgIpc) is 3.19. The van der Waals surface area contributed by atoms with Gasteiger partial charge in [-0.3, -0.25) is 10.3 Å². The van der Waals surface area contributed by atoms with E-state index in [1.807, 2.05) is 30.3 Å². The molecule has 8 heteroatoms. The van der Waals surface area contributed by atoms with Gasteiger partial charge in [0.15, 0.2) is 0 Å². The first-order valence-corrected chi connectivity index (χ1v) is 9.05. The average molecular weight is 381 g/mol. The van der Waals surface area contributed by atoms with Crippen molar-refractivity contribution in [3.8, 4) is 11.4 Å². The maximum Gasteiger partial charge on any atom is 0.241 e. The van der Waals surface area contributed by atoms with Gasteiger partial charge in [-0.25, -0.2) is 4.39 Å². The summed E-state index contributed by atoms with van der Waals surface area (Å²) < 4.78 is 24.9. The van der Waals surface area contributed by atoms with Crippen molar-refractivity contribution in [2.24, 2.45) is 5.10 Å². The number of morpholine rings is 1. The van der Waals surface area contributed by atoms with E-state index in [-0.39, 0.29) is 11.4 Å². The summed E-state index contributed by atoms with van der Waals surface area (Å²) in [6, 6.07) is 14.2. The Morgan fingerprint density at radius 3 is 2.79 bits per heavy atom. The minimum Gasteiger partial charge on any atom is -0.379 e. The normalized spacial score (nSPS) is 15.2. The number of nitrogens with one attached hydrogen (secondary N) is 1. The molecule has 0 saturated carbocycles. The highest BCUT2D eigenvalue weighted by atomic mass is 19.1. The fourth-order valence-electron chi connectivity index (χ4n) is 2.87. The second-order valence-corrected chi connectivity index (χ2v) is 6.38. The number of halogens is 1. The lowest BCUT2D eigenvalue weighted by molar-refractivity contribution is 0.0297. The Hall–Kier alpha value is -3.10. The van der Waals surface area contributed by atoms with Crippen LogP contribution in [0.1, 0.15) is 11.5 Å². The molecular formula is C20H20FN5O2. The SMILES string of the molecule is Fc1ccc(C=NNc2ccccc2)cc1-c1noc(CN2CCOCC2)n1. The van der Waals surface area contributed by atoms with Crippen LogP contribution in [0.25, 0.3) is 11.4 Å². The topological polar surface area (TPSA) is 75.8 Å². The van der Waals surface area contributed by atoms with Crippen molar-refractivity contribution >= 4 is 11.9 Å². The van der Waals surface area contributed by atoms with Crippen LogP contribution in [0, 0.1) is 5.82 Å². The highest BCUT2D eigenvalue weighted by molar-refractivity contribution is 5.82. The highest BCUT2D eigenvalue weighted by Crippen LogP contribution is 2.21. The van der Waals surface area contributed by atoms with E-state index in [9.17, 15) is 4.39 Å². The van der Waals surface area contributed by atoms with Crippen LogP contribution in [0.3, 0.4) is 0 Å². The van der Waals surface area contributed by atoms with Gasteiger partial charge in [0, 0.05) is 13.1 Å². The molecule has 4 rings (SSSR count). The summed E-state index contributed by atoms with van der Waals surface area (Å²) in [5.41, 5.74) is 4.79.